The molecule has 1 aromatic rings. The lowest BCUT2D eigenvalue weighted by Crippen LogP contribution is -2.39. The molecule has 1 fully saturated rings. The van der Waals surface area contributed by atoms with Gasteiger partial charge in [0.1, 0.15) is 0 Å². The number of sulfonamides is 1. The summed E-state index contributed by atoms with van der Waals surface area (Å²) < 4.78 is 39.8. The lowest BCUT2D eigenvalue weighted by molar-refractivity contribution is 0.213. The fourth-order valence-electron chi connectivity index (χ4n) is 2.23. The Morgan fingerprint density at radius 1 is 1.50 bits per heavy atom. The number of nitrogens with one attached hydrogen (secondary N) is 1. The highest BCUT2D eigenvalue weighted by molar-refractivity contribution is 7.89. The molecule has 0 amide bonds. The summed E-state index contributed by atoms with van der Waals surface area (Å²) in [5.41, 5.74) is 0. The molecule has 1 aromatic heterocycles. The van der Waals surface area contributed by atoms with Crippen LogP contribution in [0.2, 0.25) is 0 Å². The molecule has 18 heavy (non-hydrogen) atoms. The summed E-state index contributed by atoms with van der Waals surface area (Å²) in [6, 6.07) is 2.04. The van der Waals surface area contributed by atoms with Gasteiger partial charge in [0.25, 0.3) is 10.0 Å². The molecule has 5 nitrogen and oxygen atoms in total. The van der Waals surface area contributed by atoms with Crippen molar-refractivity contribution < 1.29 is 17.9 Å². The first-order chi connectivity index (χ1) is 8.54. The van der Waals surface area contributed by atoms with Gasteiger partial charge in [-0.25, -0.2) is 22.5 Å². The zero-order chi connectivity index (χ0) is 13.2. The number of aliphatic hydroxyl groups is 1. The van der Waals surface area contributed by atoms with Crippen LogP contribution in [0.15, 0.2) is 23.4 Å². The van der Waals surface area contributed by atoms with E-state index >= 15 is 0 Å². The zero-order valence-electron chi connectivity index (χ0n) is 9.71. The van der Waals surface area contributed by atoms with Gasteiger partial charge in [-0.1, -0.05) is 6.42 Å². The fourth-order valence-corrected chi connectivity index (χ4v) is 3.58. The van der Waals surface area contributed by atoms with Crippen molar-refractivity contribution in [3.05, 3.63) is 24.1 Å². The molecule has 0 spiro atoms. The van der Waals surface area contributed by atoms with Crippen LogP contribution < -0.4 is 4.72 Å². The van der Waals surface area contributed by atoms with Crippen molar-refractivity contribution in [1.82, 2.24) is 9.71 Å². The van der Waals surface area contributed by atoms with Crippen molar-refractivity contribution in [1.29, 1.82) is 0 Å². The monoisotopic (exact) mass is 274 g/mol. The van der Waals surface area contributed by atoms with Gasteiger partial charge in [0.15, 0.2) is 5.82 Å². The van der Waals surface area contributed by atoms with Crippen LogP contribution in [0.5, 0.6) is 0 Å². The van der Waals surface area contributed by atoms with Crippen molar-refractivity contribution in [2.45, 2.75) is 30.3 Å². The van der Waals surface area contributed by atoms with Gasteiger partial charge in [0, 0.05) is 18.8 Å². The van der Waals surface area contributed by atoms with Gasteiger partial charge >= 0.3 is 0 Å². The van der Waals surface area contributed by atoms with Crippen molar-refractivity contribution in [3.8, 4) is 0 Å². The number of rotatable bonds is 4. The molecule has 2 rings (SSSR count). The Morgan fingerprint density at radius 2 is 2.28 bits per heavy atom. The third kappa shape index (κ3) is 2.68. The summed E-state index contributed by atoms with van der Waals surface area (Å²) in [6.45, 7) is -0.0715. The molecule has 0 aromatic carbocycles. The summed E-state index contributed by atoms with van der Waals surface area (Å²) in [5, 5.41) is 8.54. The summed E-state index contributed by atoms with van der Waals surface area (Å²) in [5.74, 6) is -0.977. The second-order valence-corrected chi connectivity index (χ2v) is 6.02. The summed E-state index contributed by atoms with van der Waals surface area (Å²) in [7, 11) is -3.96. The maximum absolute atomic E-state index is 13.4. The number of nitrogens with zero attached hydrogens (tertiary/aromatic N) is 1. The molecule has 100 valence electrons. The molecule has 2 unspecified atom stereocenters. The molecular weight excluding hydrogens is 259 g/mol. The van der Waals surface area contributed by atoms with Crippen LogP contribution in [0, 0.1) is 11.7 Å². The highest BCUT2D eigenvalue weighted by atomic mass is 32.2. The van der Waals surface area contributed by atoms with E-state index in [1.165, 1.54) is 12.3 Å². The average molecular weight is 274 g/mol. The SMILES string of the molecule is O=S(=O)(NC1CCCC1CO)c1ncccc1F. The van der Waals surface area contributed by atoms with Crippen LogP contribution in [0.3, 0.4) is 0 Å². The van der Waals surface area contributed by atoms with Crippen LogP contribution in [-0.2, 0) is 10.0 Å². The predicted octanol–water partition coefficient (Wildman–Crippen LogP) is 0.660. The smallest absolute Gasteiger partial charge is 0.261 e. The van der Waals surface area contributed by atoms with Gasteiger partial charge in [0.2, 0.25) is 5.03 Å². The molecule has 0 bridgehead atoms. The van der Waals surface area contributed by atoms with Gasteiger partial charge in [-0.3, -0.25) is 0 Å². The van der Waals surface area contributed by atoms with Crippen LogP contribution in [0.25, 0.3) is 0 Å². The van der Waals surface area contributed by atoms with Gasteiger partial charge in [-0.15, -0.1) is 0 Å². The minimum absolute atomic E-state index is 0.0715. The normalized spacial score (nSPS) is 24.3. The largest absolute Gasteiger partial charge is 0.396 e. The van der Waals surface area contributed by atoms with E-state index in [-0.39, 0.29) is 18.6 Å². The van der Waals surface area contributed by atoms with Gasteiger partial charge in [0.05, 0.1) is 0 Å². The topological polar surface area (TPSA) is 79.3 Å². The Balaban J connectivity index is 2.20. The Morgan fingerprint density at radius 3 is 2.94 bits per heavy atom. The third-order valence-electron chi connectivity index (χ3n) is 3.18. The number of hydrogen-bond acceptors (Lipinski definition) is 4. The molecule has 2 N–H and O–H groups in total. The van der Waals surface area contributed by atoms with Crippen molar-refractivity contribution in [3.63, 3.8) is 0 Å². The number of pyridine rings is 1. The van der Waals surface area contributed by atoms with E-state index < -0.39 is 20.9 Å². The standard InChI is InChI=1S/C11H15FN2O3S/c12-9-4-2-6-13-11(9)18(16,17)14-10-5-1-3-8(10)7-15/h2,4,6,8,10,14-15H,1,3,5,7H2. The van der Waals surface area contributed by atoms with Crippen LogP contribution >= 0.6 is 0 Å². The molecular formula is C11H15FN2O3S. The molecule has 1 aliphatic carbocycles. The minimum Gasteiger partial charge on any atom is -0.396 e. The summed E-state index contributed by atoms with van der Waals surface area (Å²) in [4.78, 5) is 3.55. The number of aromatic nitrogens is 1. The lowest BCUT2D eigenvalue weighted by atomic mass is 10.1. The van der Waals surface area contributed by atoms with Crippen LogP contribution in [0.4, 0.5) is 4.39 Å². The summed E-state index contributed by atoms with van der Waals surface area (Å²) in [6.07, 6.45) is 3.51. The lowest BCUT2D eigenvalue weighted by Gasteiger charge is -2.18. The quantitative estimate of drug-likeness (QED) is 0.845. The second kappa shape index (κ2) is 5.29. The van der Waals surface area contributed by atoms with E-state index in [9.17, 15) is 12.8 Å². The van der Waals surface area contributed by atoms with E-state index in [4.69, 9.17) is 5.11 Å². The van der Waals surface area contributed by atoms with Gasteiger partial charge in [-0.05, 0) is 30.9 Å². The van der Waals surface area contributed by atoms with Crippen LogP contribution in [0.1, 0.15) is 19.3 Å². The van der Waals surface area contributed by atoms with Crippen molar-refractivity contribution in [2.75, 3.05) is 6.61 Å². The Hall–Kier alpha value is -1.05. The number of halogens is 1. The van der Waals surface area contributed by atoms with E-state index in [1.54, 1.807) is 0 Å². The molecule has 0 saturated heterocycles. The fraction of sp³-hybridized carbons (Fsp3) is 0.545. The third-order valence-corrected chi connectivity index (χ3v) is 4.60. The second-order valence-electron chi connectivity index (χ2n) is 4.39. The van der Waals surface area contributed by atoms with Crippen molar-refractivity contribution in [2.24, 2.45) is 5.92 Å². The Bertz CT molecular complexity index is 521. The highest BCUT2D eigenvalue weighted by Gasteiger charge is 2.32. The summed E-state index contributed by atoms with van der Waals surface area (Å²) >= 11 is 0. The van der Waals surface area contributed by atoms with E-state index in [0.29, 0.717) is 6.42 Å². The first kappa shape index (κ1) is 13.4. The van der Waals surface area contributed by atoms with E-state index in [1.807, 2.05) is 0 Å². The molecule has 0 aliphatic heterocycles. The molecule has 2 atom stereocenters. The molecule has 1 heterocycles. The molecule has 0 radical (unpaired) electrons. The zero-order valence-corrected chi connectivity index (χ0v) is 10.5. The Kier molecular flexibility index (Phi) is 3.94. The van der Waals surface area contributed by atoms with Crippen LogP contribution in [-0.4, -0.2) is 31.2 Å². The first-order valence-electron chi connectivity index (χ1n) is 5.78. The van der Waals surface area contributed by atoms with E-state index in [2.05, 4.69) is 9.71 Å². The molecule has 1 saturated carbocycles. The number of aliphatic hydroxyl groups excluding tert-OH is 1. The molecule has 1 aliphatic rings. The maximum atomic E-state index is 13.4. The molecule has 7 heteroatoms. The van der Waals surface area contributed by atoms with Crippen molar-refractivity contribution >= 4 is 10.0 Å². The number of hydrogen-bond donors (Lipinski definition) is 2. The Labute approximate surface area is 105 Å². The van der Waals surface area contributed by atoms with Gasteiger partial charge < -0.3 is 5.11 Å². The predicted molar refractivity (Wildman–Crippen MR) is 62.7 cm³/mol. The average Bonchev–Trinajstić information content (AvgIpc) is 2.76. The van der Waals surface area contributed by atoms with Gasteiger partial charge in [-0.2, -0.15) is 0 Å². The minimum atomic E-state index is -3.96. The first-order valence-corrected chi connectivity index (χ1v) is 7.26. The van der Waals surface area contributed by atoms with E-state index in [0.717, 1.165) is 18.9 Å². The maximum Gasteiger partial charge on any atom is 0.261 e. The highest BCUT2D eigenvalue weighted by Crippen LogP contribution is 2.26.